The van der Waals surface area contributed by atoms with Gasteiger partial charge in [0.2, 0.25) is 0 Å². The molecule has 0 bridgehead atoms. The molecule has 1 aromatic carbocycles. The van der Waals surface area contributed by atoms with E-state index >= 15 is 0 Å². The molecule has 0 radical (unpaired) electrons. The first-order valence-electron chi connectivity index (χ1n) is 6.13. The van der Waals surface area contributed by atoms with Crippen LogP contribution >= 0.6 is 0 Å². The summed E-state index contributed by atoms with van der Waals surface area (Å²) in [7, 11) is 0. The molecular weight excluding hydrogens is 278 g/mol. The Hall–Kier alpha value is -1.50. The van der Waals surface area contributed by atoms with Gasteiger partial charge in [-0.3, -0.25) is 9.00 Å². The lowest BCUT2D eigenvalue weighted by Crippen LogP contribution is -2.25. The number of carbonyl (C=O) groups excluding carboxylic acids is 1. The van der Waals surface area contributed by atoms with E-state index in [0.717, 1.165) is 5.56 Å². The van der Waals surface area contributed by atoms with Gasteiger partial charge in [-0.25, -0.2) is 4.72 Å². The summed E-state index contributed by atoms with van der Waals surface area (Å²) in [5.74, 6) is -0.360. The maximum absolute atomic E-state index is 12.0. The second-order valence-electron chi connectivity index (χ2n) is 4.77. The standard InChI is InChI=1S/C14H19NO4S/c1-14(2,9-6-10-15-20(17)18)13(16)19-11-12-7-4-3-5-8-12/h3-9,15H,10-11H2,1-2H3,(H,17,18)/p-1. The third-order valence-electron chi connectivity index (χ3n) is 2.59. The number of hydrogen-bond acceptors (Lipinski definition) is 4. The van der Waals surface area contributed by atoms with E-state index in [2.05, 4.69) is 4.72 Å². The molecule has 0 aliphatic heterocycles. The summed E-state index contributed by atoms with van der Waals surface area (Å²) >= 11 is -2.30. The molecule has 5 nitrogen and oxygen atoms in total. The monoisotopic (exact) mass is 296 g/mol. The van der Waals surface area contributed by atoms with Crippen molar-refractivity contribution in [2.75, 3.05) is 6.54 Å². The summed E-state index contributed by atoms with van der Waals surface area (Å²) in [6.07, 6.45) is 3.21. The van der Waals surface area contributed by atoms with Crippen molar-refractivity contribution in [1.82, 2.24) is 4.72 Å². The van der Waals surface area contributed by atoms with Crippen molar-refractivity contribution in [2.24, 2.45) is 5.41 Å². The molecule has 0 saturated carbocycles. The van der Waals surface area contributed by atoms with Crippen LogP contribution in [0.3, 0.4) is 0 Å². The molecule has 20 heavy (non-hydrogen) atoms. The van der Waals surface area contributed by atoms with Crippen LogP contribution in [-0.4, -0.2) is 21.3 Å². The molecule has 1 aromatic rings. The predicted octanol–water partition coefficient (Wildman–Crippen LogP) is 1.70. The fraction of sp³-hybridized carbons (Fsp3) is 0.357. The molecule has 110 valence electrons. The summed E-state index contributed by atoms with van der Waals surface area (Å²) in [4.78, 5) is 12.0. The van der Waals surface area contributed by atoms with Crippen LogP contribution in [0.5, 0.6) is 0 Å². The van der Waals surface area contributed by atoms with E-state index in [1.54, 1.807) is 26.0 Å². The Morgan fingerprint density at radius 2 is 2.05 bits per heavy atom. The third-order valence-corrected chi connectivity index (χ3v) is 2.99. The van der Waals surface area contributed by atoms with Crippen LogP contribution < -0.4 is 4.72 Å². The van der Waals surface area contributed by atoms with E-state index in [0.29, 0.717) is 0 Å². The first kappa shape index (κ1) is 16.6. The van der Waals surface area contributed by atoms with Gasteiger partial charge in [0.15, 0.2) is 0 Å². The smallest absolute Gasteiger partial charge is 0.315 e. The summed E-state index contributed by atoms with van der Waals surface area (Å²) < 4.78 is 28.0. The van der Waals surface area contributed by atoms with Gasteiger partial charge in [-0.15, -0.1) is 0 Å². The maximum Gasteiger partial charge on any atom is 0.315 e. The average molecular weight is 296 g/mol. The summed E-state index contributed by atoms with van der Waals surface area (Å²) in [6.45, 7) is 3.79. The van der Waals surface area contributed by atoms with Gasteiger partial charge in [0.1, 0.15) is 6.61 Å². The van der Waals surface area contributed by atoms with Crippen molar-refractivity contribution < 1.29 is 18.3 Å². The number of ether oxygens (including phenoxy) is 1. The molecule has 0 saturated heterocycles. The van der Waals surface area contributed by atoms with Gasteiger partial charge in [0, 0.05) is 17.8 Å². The third kappa shape index (κ3) is 6.10. The van der Waals surface area contributed by atoms with Gasteiger partial charge in [0.25, 0.3) is 0 Å². The number of rotatable bonds is 7. The normalized spacial score (nSPS) is 13.3. The van der Waals surface area contributed by atoms with E-state index in [4.69, 9.17) is 4.74 Å². The van der Waals surface area contributed by atoms with Crippen LogP contribution in [0.1, 0.15) is 19.4 Å². The van der Waals surface area contributed by atoms with Gasteiger partial charge in [-0.1, -0.05) is 42.5 Å². The minimum Gasteiger partial charge on any atom is -0.760 e. The molecular formula is C14H18NO4S-. The first-order chi connectivity index (χ1) is 9.42. The SMILES string of the molecule is CC(C)(C=CCNS(=O)[O-])C(=O)OCc1ccccc1. The molecule has 0 aliphatic rings. The minimum absolute atomic E-state index is 0.144. The number of benzene rings is 1. The second kappa shape index (κ2) is 7.94. The zero-order chi connectivity index (χ0) is 15.0. The lowest BCUT2D eigenvalue weighted by Gasteiger charge is -2.18. The van der Waals surface area contributed by atoms with Crippen LogP contribution in [0.15, 0.2) is 42.5 Å². The Morgan fingerprint density at radius 1 is 1.40 bits per heavy atom. The Morgan fingerprint density at radius 3 is 2.65 bits per heavy atom. The molecule has 0 fully saturated rings. The Kier molecular flexibility index (Phi) is 6.57. The molecule has 1 rings (SSSR count). The molecule has 0 aliphatic carbocycles. The first-order valence-corrected chi connectivity index (χ1v) is 7.21. The highest BCUT2D eigenvalue weighted by Gasteiger charge is 2.25. The highest BCUT2D eigenvalue weighted by atomic mass is 32.2. The van der Waals surface area contributed by atoms with Crippen LogP contribution in [-0.2, 0) is 27.4 Å². The molecule has 1 N–H and O–H groups in total. The van der Waals surface area contributed by atoms with Crippen molar-refractivity contribution in [2.45, 2.75) is 20.5 Å². The number of carbonyl (C=O) groups is 1. The number of nitrogens with one attached hydrogen (secondary N) is 1. The highest BCUT2D eigenvalue weighted by molar-refractivity contribution is 7.77. The largest absolute Gasteiger partial charge is 0.760 e. The molecule has 1 unspecified atom stereocenters. The molecule has 0 amide bonds. The van der Waals surface area contributed by atoms with Crippen LogP contribution in [0.25, 0.3) is 0 Å². The Balaban J connectivity index is 2.46. The van der Waals surface area contributed by atoms with Crippen LogP contribution in [0.2, 0.25) is 0 Å². The van der Waals surface area contributed by atoms with Gasteiger partial charge >= 0.3 is 5.97 Å². The topological polar surface area (TPSA) is 78.5 Å². The molecule has 6 heteroatoms. The van der Waals surface area contributed by atoms with Crippen molar-refractivity contribution in [3.63, 3.8) is 0 Å². The molecule has 1 atom stereocenters. The highest BCUT2D eigenvalue weighted by Crippen LogP contribution is 2.20. The summed E-state index contributed by atoms with van der Waals surface area (Å²) in [5, 5.41) is 0. The Labute approximate surface area is 121 Å². The van der Waals surface area contributed by atoms with Crippen molar-refractivity contribution >= 4 is 17.2 Å². The zero-order valence-electron chi connectivity index (χ0n) is 11.5. The number of hydrogen-bond donors (Lipinski definition) is 1. The van der Waals surface area contributed by atoms with E-state index in [1.807, 2.05) is 30.3 Å². The van der Waals surface area contributed by atoms with Crippen molar-refractivity contribution in [3.8, 4) is 0 Å². The number of esters is 1. The predicted molar refractivity (Wildman–Crippen MR) is 76.1 cm³/mol. The average Bonchev–Trinajstić information content (AvgIpc) is 2.42. The quantitative estimate of drug-likeness (QED) is 0.472. The van der Waals surface area contributed by atoms with Crippen molar-refractivity contribution in [1.29, 1.82) is 0 Å². The lowest BCUT2D eigenvalue weighted by molar-refractivity contribution is -0.152. The van der Waals surface area contributed by atoms with E-state index < -0.39 is 16.7 Å². The van der Waals surface area contributed by atoms with Crippen molar-refractivity contribution in [3.05, 3.63) is 48.0 Å². The summed E-state index contributed by atoms with van der Waals surface area (Å²) in [5.41, 5.74) is 0.116. The van der Waals surface area contributed by atoms with Gasteiger partial charge < -0.3 is 9.29 Å². The molecule has 0 heterocycles. The van der Waals surface area contributed by atoms with Gasteiger partial charge in [-0.05, 0) is 19.4 Å². The Bertz CT molecular complexity index is 485. The second-order valence-corrected chi connectivity index (χ2v) is 5.53. The van der Waals surface area contributed by atoms with E-state index in [9.17, 15) is 13.6 Å². The zero-order valence-corrected chi connectivity index (χ0v) is 12.3. The van der Waals surface area contributed by atoms with E-state index in [-0.39, 0.29) is 19.1 Å². The van der Waals surface area contributed by atoms with E-state index in [1.165, 1.54) is 0 Å². The van der Waals surface area contributed by atoms with Crippen LogP contribution in [0, 0.1) is 5.41 Å². The molecule has 0 spiro atoms. The lowest BCUT2D eigenvalue weighted by atomic mass is 9.93. The molecule has 0 aromatic heterocycles. The van der Waals surface area contributed by atoms with Gasteiger partial charge in [-0.2, -0.15) is 0 Å². The summed E-state index contributed by atoms with van der Waals surface area (Å²) in [6, 6.07) is 9.41. The fourth-order valence-electron chi connectivity index (χ4n) is 1.45. The van der Waals surface area contributed by atoms with Crippen LogP contribution in [0.4, 0.5) is 0 Å². The minimum atomic E-state index is -2.30. The van der Waals surface area contributed by atoms with Gasteiger partial charge in [0.05, 0.1) is 5.41 Å². The fourth-order valence-corrected chi connectivity index (χ4v) is 1.68. The maximum atomic E-state index is 12.0.